The SMILES string of the molecule is O=C(O[C@H]1CCC[C@H](OC(=O)c2ccccc2)C1)c1ccccc1. The Morgan fingerprint density at radius 3 is 1.54 bits per heavy atom. The van der Waals surface area contributed by atoms with Crippen LogP contribution in [-0.4, -0.2) is 24.1 Å². The largest absolute Gasteiger partial charge is 0.459 e. The molecule has 24 heavy (non-hydrogen) atoms. The predicted molar refractivity (Wildman–Crippen MR) is 89.8 cm³/mol. The fourth-order valence-electron chi connectivity index (χ4n) is 2.90. The number of ether oxygens (including phenoxy) is 2. The van der Waals surface area contributed by atoms with Crippen LogP contribution in [0, 0.1) is 0 Å². The third kappa shape index (κ3) is 4.22. The number of carbonyl (C=O) groups is 2. The van der Waals surface area contributed by atoms with E-state index in [2.05, 4.69) is 0 Å². The maximum Gasteiger partial charge on any atom is 0.338 e. The van der Waals surface area contributed by atoms with E-state index in [1.165, 1.54) is 0 Å². The molecule has 2 aromatic carbocycles. The summed E-state index contributed by atoms with van der Waals surface area (Å²) in [5.41, 5.74) is 1.09. The van der Waals surface area contributed by atoms with Gasteiger partial charge in [0, 0.05) is 6.42 Å². The maximum absolute atomic E-state index is 12.1. The molecule has 2 atom stereocenters. The van der Waals surface area contributed by atoms with Crippen molar-refractivity contribution in [3.05, 3.63) is 71.8 Å². The quantitative estimate of drug-likeness (QED) is 0.797. The number of esters is 2. The molecule has 1 aliphatic carbocycles. The standard InChI is InChI=1S/C20H20O4/c21-19(15-8-3-1-4-9-15)23-17-12-7-13-18(14-17)24-20(22)16-10-5-2-6-11-16/h1-6,8-11,17-18H,7,12-14H2/t17-,18-/m0/s1. The van der Waals surface area contributed by atoms with Gasteiger partial charge in [-0.25, -0.2) is 9.59 Å². The third-order valence-corrected chi connectivity index (χ3v) is 4.14. The van der Waals surface area contributed by atoms with Gasteiger partial charge in [0.1, 0.15) is 12.2 Å². The van der Waals surface area contributed by atoms with Crippen LogP contribution in [0.2, 0.25) is 0 Å². The first-order valence-electron chi connectivity index (χ1n) is 8.24. The summed E-state index contributed by atoms with van der Waals surface area (Å²) in [4.78, 5) is 24.3. The predicted octanol–water partition coefficient (Wildman–Crippen LogP) is 4.01. The number of hydrogen-bond acceptors (Lipinski definition) is 4. The molecule has 0 heterocycles. The van der Waals surface area contributed by atoms with Crippen molar-refractivity contribution in [2.24, 2.45) is 0 Å². The number of rotatable bonds is 4. The van der Waals surface area contributed by atoms with E-state index < -0.39 is 0 Å². The highest BCUT2D eigenvalue weighted by Crippen LogP contribution is 2.25. The zero-order valence-corrected chi connectivity index (χ0v) is 13.4. The van der Waals surface area contributed by atoms with E-state index in [-0.39, 0.29) is 24.1 Å². The van der Waals surface area contributed by atoms with Gasteiger partial charge in [-0.1, -0.05) is 36.4 Å². The topological polar surface area (TPSA) is 52.6 Å². The summed E-state index contributed by atoms with van der Waals surface area (Å²) in [6.45, 7) is 0. The van der Waals surface area contributed by atoms with Gasteiger partial charge in [-0.3, -0.25) is 0 Å². The van der Waals surface area contributed by atoms with Crippen LogP contribution in [-0.2, 0) is 9.47 Å². The molecular weight excluding hydrogens is 304 g/mol. The van der Waals surface area contributed by atoms with E-state index in [0.717, 1.165) is 19.3 Å². The first-order valence-corrected chi connectivity index (χ1v) is 8.24. The molecule has 0 radical (unpaired) electrons. The van der Waals surface area contributed by atoms with Crippen LogP contribution in [0.3, 0.4) is 0 Å². The Balaban J connectivity index is 1.55. The van der Waals surface area contributed by atoms with Gasteiger partial charge in [0.15, 0.2) is 0 Å². The molecule has 124 valence electrons. The van der Waals surface area contributed by atoms with Gasteiger partial charge in [0.05, 0.1) is 11.1 Å². The van der Waals surface area contributed by atoms with E-state index in [9.17, 15) is 9.59 Å². The normalized spacial score (nSPS) is 20.2. The van der Waals surface area contributed by atoms with E-state index in [4.69, 9.17) is 9.47 Å². The molecule has 4 nitrogen and oxygen atoms in total. The van der Waals surface area contributed by atoms with Crippen molar-refractivity contribution in [2.75, 3.05) is 0 Å². The molecule has 4 heteroatoms. The van der Waals surface area contributed by atoms with Crippen molar-refractivity contribution in [3.63, 3.8) is 0 Å². The Labute approximate surface area is 141 Å². The molecule has 1 aliphatic rings. The average molecular weight is 324 g/mol. The van der Waals surface area contributed by atoms with Gasteiger partial charge in [0.2, 0.25) is 0 Å². The Hall–Kier alpha value is -2.62. The Morgan fingerprint density at radius 2 is 1.12 bits per heavy atom. The van der Waals surface area contributed by atoms with Crippen LogP contribution in [0.15, 0.2) is 60.7 Å². The van der Waals surface area contributed by atoms with Gasteiger partial charge in [-0.15, -0.1) is 0 Å². The minimum atomic E-state index is -0.323. The van der Waals surface area contributed by atoms with Crippen LogP contribution in [0.1, 0.15) is 46.4 Å². The second-order valence-electron chi connectivity index (χ2n) is 5.95. The van der Waals surface area contributed by atoms with Crippen molar-refractivity contribution >= 4 is 11.9 Å². The van der Waals surface area contributed by atoms with Crippen LogP contribution >= 0.6 is 0 Å². The summed E-state index contributed by atoms with van der Waals surface area (Å²) >= 11 is 0. The molecule has 0 N–H and O–H groups in total. The summed E-state index contributed by atoms with van der Waals surface area (Å²) in [6.07, 6.45) is 2.62. The van der Waals surface area contributed by atoms with Crippen molar-refractivity contribution in [3.8, 4) is 0 Å². The lowest BCUT2D eigenvalue weighted by molar-refractivity contribution is -0.0177. The Bertz CT molecular complexity index is 622. The fraction of sp³-hybridized carbons (Fsp3) is 0.300. The van der Waals surface area contributed by atoms with Crippen LogP contribution in [0.5, 0.6) is 0 Å². The summed E-state index contributed by atoms with van der Waals surface area (Å²) < 4.78 is 11.1. The minimum Gasteiger partial charge on any atom is -0.459 e. The molecule has 1 saturated carbocycles. The van der Waals surface area contributed by atoms with Gasteiger partial charge >= 0.3 is 11.9 Å². The molecule has 0 unspecified atom stereocenters. The van der Waals surface area contributed by atoms with Gasteiger partial charge < -0.3 is 9.47 Å². The third-order valence-electron chi connectivity index (χ3n) is 4.14. The zero-order valence-electron chi connectivity index (χ0n) is 13.4. The van der Waals surface area contributed by atoms with E-state index in [0.29, 0.717) is 17.5 Å². The molecule has 1 fully saturated rings. The molecule has 2 aromatic rings. The van der Waals surface area contributed by atoms with Crippen molar-refractivity contribution in [2.45, 2.75) is 37.9 Å². The zero-order chi connectivity index (χ0) is 16.8. The van der Waals surface area contributed by atoms with Gasteiger partial charge in [0.25, 0.3) is 0 Å². The second-order valence-corrected chi connectivity index (χ2v) is 5.95. The van der Waals surface area contributed by atoms with Crippen LogP contribution in [0.25, 0.3) is 0 Å². The maximum atomic E-state index is 12.1. The lowest BCUT2D eigenvalue weighted by Gasteiger charge is -2.28. The van der Waals surface area contributed by atoms with Crippen molar-refractivity contribution < 1.29 is 19.1 Å². The van der Waals surface area contributed by atoms with E-state index in [1.54, 1.807) is 24.3 Å². The average Bonchev–Trinajstić information content (AvgIpc) is 2.63. The molecule has 0 spiro atoms. The monoisotopic (exact) mass is 324 g/mol. The van der Waals surface area contributed by atoms with Crippen LogP contribution < -0.4 is 0 Å². The van der Waals surface area contributed by atoms with Crippen molar-refractivity contribution in [1.29, 1.82) is 0 Å². The smallest absolute Gasteiger partial charge is 0.338 e. The highest BCUT2D eigenvalue weighted by atomic mass is 16.6. The molecule has 0 aromatic heterocycles. The molecule has 0 aliphatic heterocycles. The summed E-state index contributed by atoms with van der Waals surface area (Å²) in [7, 11) is 0. The summed E-state index contributed by atoms with van der Waals surface area (Å²) in [5.74, 6) is -0.647. The Kier molecular flexibility index (Phi) is 5.26. The number of carbonyl (C=O) groups excluding carboxylic acids is 2. The molecule has 0 amide bonds. The van der Waals surface area contributed by atoms with E-state index in [1.807, 2.05) is 36.4 Å². The van der Waals surface area contributed by atoms with Gasteiger partial charge in [-0.05, 0) is 43.5 Å². The second kappa shape index (κ2) is 7.77. The molecule has 0 saturated heterocycles. The van der Waals surface area contributed by atoms with Gasteiger partial charge in [-0.2, -0.15) is 0 Å². The number of benzene rings is 2. The first kappa shape index (κ1) is 16.2. The highest BCUT2D eigenvalue weighted by Gasteiger charge is 2.28. The Morgan fingerprint density at radius 1 is 0.708 bits per heavy atom. The van der Waals surface area contributed by atoms with Crippen LogP contribution in [0.4, 0.5) is 0 Å². The minimum absolute atomic E-state index is 0.208. The highest BCUT2D eigenvalue weighted by molar-refractivity contribution is 5.90. The van der Waals surface area contributed by atoms with E-state index >= 15 is 0 Å². The number of hydrogen-bond donors (Lipinski definition) is 0. The lowest BCUT2D eigenvalue weighted by Crippen LogP contribution is -2.31. The molecular formula is C20H20O4. The first-order chi connectivity index (χ1) is 11.7. The lowest BCUT2D eigenvalue weighted by atomic mass is 9.94. The molecule has 3 rings (SSSR count). The summed E-state index contributed by atoms with van der Waals surface area (Å²) in [6, 6.07) is 17.9. The summed E-state index contributed by atoms with van der Waals surface area (Å²) in [5, 5.41) is 0. The van der Waals surface area contributed by atoms with Crippen molar-refractivity contribution in [1.82, 2.24) is 0 Å². The molecule has 0 bridgehead atoms. The fourth-order valence-corrected chi connectivity index (χ4v) is 2.90.